The minimum absolute atomic E-state index is 0.0832. The van der Waals surface area contributed by atoms with Crippen LogP contribution in [0.2, 0.25) is 5.15 Å². The molecule has 1 aliphatic rings. The van der Waals surface area contributed by atoms with Gasteiger partial charge in [-0.2, -0.15) is 5.10 Å². The van der Waals surface area contributed by atoms with E-state index in [1.54, 1.807) is 24.8 Å². The second-order valence-electron chi connectivity index (χ2n) is 4.74. The van der Waals surface area contributed by atoms with Gasteiger partial charge < -0.3 is 10.1 Å². The zero-order valence-electron chi connectivity index (χ0n) is 11.4. The Morgan fingerprint density at radius 3 is 3.15 bits per heavy atom. The van der Waals surface area contributed by atoms with Crippen LogP contribution in [0, 0.1) is 6.92 Å². The van der Waals surface area contributed by atoms with Crippen molar-refractivity contribution in [2.24, 2.45) is 0 Å². The van der Waals surface area contributed by atoms with E-state index in [-0.39, 0.29) is 17.2 Å². The maximum absolute atomic E-state index is 11.8. The first-order valence-electron chi connectivity index (χ1n) is 6.64. The van der Waals surface area contributed by atoms with Crippen LogP contribution in [0.3, 0.4) is 0 Å². The molecule has 110 valence electrons. The number of nitrogens with zero attached hydrogens (tertiary/aromatic N) is 2. The Labute approximate surface area is 127 Å². The molecule has 1 saturated heterocycles. The Balaban J connectivity index is 1.73. The molecule has 1 aromatic rings. The Morgan fingerprint density at radius 1 is 1.55 bits per heavy atom. The molecule has 1 fully saturated rings. The summed E-state index contributed by atoms with van der Waals surface area (Å²) in [5.74, 6) is 1.16. The summed E-state index contributed by atoms with van der Waals surface area (Å²) in [6.45, 7) is 2.64. The smallest absolute Gasteiger partial charge is 0.234 e. The van der Waals surface area contributed by atoms with Crippen LogP contribution in [0.15, 0.2) is 6.07 Å². The van der Waals surface area contributed by atoms with Crippen molar-refractivity contribution in [3.05, 3.63) is 16.9 Å². The SMILES string of the molecule is Cc1cc(NC(=O)CSCC2CCCCO2)c(Cl)nn1. The highest BCUT2D eigenvalue weighted by Crippen LogP contribution is 2.20. The third-order valence-corrected chi connectivity index (χ3v) is 4.31. The predicted octanol–water partition coefficient (Wildman–Crippen LogP) is 2.68. The van der Waals surface area contributed by atoms with Gasteiger partial charge in [-0.3, -0.25) is 4.79 Å². The van der Waals surface area contributed by atoms with Crippen molar-refractivity contribution >= 4 is 35.0 Å². The van der Waals surface area contributed by atoms with E-state index in [1.165, 1.54) is 6.42 Å². The lowest BCUT2D eigenvalue weighted by Gasteiger charge is -2.21. The van der Waals surface area contributed by atoms with Crippen LogP contribution in [0.4, 0.5) is 5.69 Å². The highest BCUT2D eigenvalue weighted by atomic mass is 35.5. The summed E-state index contributed by atoms with van der Waals surface area (Å²) >= 11 is 7.46. The number of carbonyl (C=O) groups excluding carboxylic acids is 1. The van der Waals surface area contributed by atoms with Gasteiger partial charge in [0.05, 0.1) is 23.2 Å². The van der Waals surface area contributed by atoms with Crippen molar-refractivity contribution in [3.63, 3.8) is 0 Å². The topological polar surface area (TPSA) is 64.1 Å². The van der Waals surface area contributed by atoms with Crippen LogP contribution >= 0.6 is 23.4 Å². The summed E-state index contributed by atoms with van der Waals surface area (Å²) in [4.78, 5) is 11.8. The number of ether oxygens (including phenoxy) is 1. The van der Waals surface area contributed by atoms with Crippen molar-refractivity contribution in [3.8, 4) is 0 Å². The average Bonchev–Trinajstić information content (AvgIpc) is 2.44. The molecule has 0 aromatic carbocycles. The molecule has 1 unspecified atom stereocenters. The number of rotatable bonds is 5. The summed E-state index contributed by atoms with van der Waals surface area (Å²) in [6, 6.07) is 1.71. The van der Waals surface area contributed by atoms with Crippen LogP contribution in [-0.2, 0) is 9.53 Å². The van der Waals surface area contributed by atoms with Gasteiger partial charge in [0.25, 0.3) is 0 Å². The maximum Gasteiger partial charge on any atom is 0.234 e. The van der Waals surface area contributed by atoms with Crippen molar-refractivity contribution < 1.29 is 9.53 Å². The van der Waals surface area contributed by atoms with Crippen LogP contribution in [0.5, 0.6) is 0 Å². The Bertz CT molecular complexity index is 467. The molecule has 0 bridgehead atoms. The predicted molar refractivity (Wildman–Crippen MR) is 81.3 cm³/mol. The van der Waals surface area contributed by atoms with Crippen LogP contribution in [-0.4, -0.2) is 40.3 Å². The van der Waals surface area contributed by atoms with Gasteiger partial charge in [0.2, 0.25) is 5.91 Å². The van der Waals surface area contributed by atoms with E-state index in [0.717, 1.165) is 25.2 Å². The minimum Gasteiger partial charge on any atom is -0.377 e. The molecule has 0 aliphatic carbocycles. The summed E-state index contributed by atoms with van der Waals surface area (Å²) in [5.41, 5.74) is 1.23. The minimum atomic E-state index is -0.0832. The molecule has 0 radical (unpaired) electrons. The Kier molecular flexibility index (Phi) is 6.06. The van der Waals surface area contributed by atoms with E-state index in [1.807, 2.05) is 0 Å². The molecular weight excluding hydrogens is 298 g/mol. The summed E-state index contributed by atoms with van der Waals surface area (Å²) < 4.78 is 5.62. The number of thioether (sulfide) groups is 1. The van der Waals surface area contributed by atoms with Crippen molar-refractivity contribution in [1.82, 2.24) is 10.2 Å². The fraction of sp³-hybridized carbons (Fsp3) is 0.615. The van der Waals surface area contributed by atoms with Gasteiger partial charge >= 0.3 is 0 Å². The molecule has 5 nitrogen and oxygen atoms in total. The number of nitrogens with one attached hydrogen (secondary N) is 1. The lowest BCUT2D eigenvalue weighted by molar-refractivity contribution is -0.113. The van der Waals surface area contributed by atoms with Gasteiger partial charge in [-0.1, -0.05) is 11.6 Å². The maximum atomic E-state index is 11.8. The first-order chi connectivity index (χ1) is 9.65. The van der Waals surface area contributed by atoms with Crippen molar-refractivity contribution in [1.29, 1.82) is 0 Å². The molecule has 0 spiro atoms. The molecule has 7 heteroatoms. The summed E-state index contributed by atoms with van der Waals surface area (Å²) in [7, 11) is 0. The third-order valence-electron chi connectivity index (χ3n) is 2.96. The lowest BCUT2D eigenvalue weighted by Crippen LogP contribution is -2.23. The number of halogens is 1. The van der Waals surface area contributed by atoms with E-state index >= 15 is 0 Å². The van der Waals surface area contributed by atoms with E-state index < -0.39 is 0 Å². The zero-order valence-corrected chi connectivity index (χ0v) is 13.0. The second kappa shape index (κ2) is 7.81. The number of amides is 1. The highest BCUT2D eigenvalue weighted by Gasteiger charge is 2.15. The van der Waals surface area contributed by atoms with Crippen molar-refractivity contribution in [2.45, 2.75) is 32.3 Å². The van der Waals surface area contributed by atoms with E-state index in [9.17, 15) is 4.79 Å². The van der Waals surface area contributed by atoms with E-state index in [4.69, 9.17) is 16.3 Å². The fourth-order valence-electron chi connectivity index (χ4n) is 1.97. The Hall–Kier alpha value is -0.850. The normalized spacial score (nSPS) is 18.8. The van der Waals surface area contributed by atoms with Gasteiger partial charge in [-0.15, -0.1) is 16.9 Å². The molecule has 2 rings (SSSR count). The number of hydrogen-bond donors (Lipinski definition) is 1. The van der Waals surface area contributed by atoms with E-state index in [2.05, 4.69) is 15.5 Å². The number of carbonyl (C=O) groups is 1. The van der Waals surface area contributed by atoms with Crippen LogP contribution < -0.4 is 5.32 Å². The monoisotopic (exact) mass is 315 g/mol. The zero-order chi connectivity index (χ0) is 14.4. The molecule has 1 aromatic heterocycles. The largest absolute Gasteiger partial charge is 0.377 e. The van der Waals surface area contributed by atoms with Crippen molar-refractivity contribution in [2.75, 3.05) is 23.4 Å². The first-order valence-corrected chi connectivity index (χ1v) is 8.17. The van der Waals surface area contributed by atoms with Gasteiger partial charge in [0, 0.05) is 12.4 Å². The number of aromatic nitrogens is 2. The molecule has 1 amide bonds. The first kappa shape index (κ1) is 15.5. The average molecular weight is 316 g/mol. The fourth-order valence-corrected chi connectivity index (χ4v) is 3.01. The van der Waals surface area contributed by atoms with Gasteiger partial charge in [0.15, 0.2) is 5.15 Å². The molecule has 20 heavy (non-hydrogen) atoms. The molecule has 2 heterocycles. The standard InChI is InChI=1S/C13H18ClN3O2S/c1-9-6-11(13(14)17-16-9)15-12(18)8-20-7-10-4-2-3-5-19-10/h6,10H,2-5,7-8H2,1H3,(H,15,16,18). The summed E-state index contributed by atoms with van der Waals surface area (Å²) in [5, 5.41) is 10.5. The molecular formula is C13H18ClN3O2S. The molecule has 1 aliphatic heterocycles. The number of anilines is 1. The molecule has 1 atom stereocenters. The van der Waals surface area contributed by atoms with Gasteiger partial charge in [0.1, 0.15) is 0 Å². The highest BCUT2D eigenvalue weighted by molar-refractivity contribution is 8.00. The number of aryl methyl sites for hydroxylation is 1. The number of hydrogen-bond acceptors (Lipinski definition) is 5. The quantitative estimate of drug-likeness (QED) is 0.905. The second-order valence-corrected chi connectivity index (χ2v) is 6.13. The third kappa shape index (κ3) is 4.92. The lowest BCUT2D eigenvalue weighted by atomic mass is 10.1. The van der Waals surface area contributed by atoms with Crippen LogP contribution in [0.25, 0.3) is 0 Å². The van der Waals surface area contributed by atoms with Gasteiger partial charge in [-0.25, -0.2) is 0 Å². The Morgan fingerprint density at radius 2 is 2.40 bits per heavy atom. The summed E-state index contributed by atoms with van der Waals surface area (Å²) in [6.07, 6.45) is 3.74. The molecule has 0 saturated carbocycles. The van der Waals surface area contributed by atoms with Crippen LogP contribution in [0.1, 0.15) is 25.0 Å². The molecule has 1 N–H and O–H groups in total. The van der Waals surface area contributed by atoms with E-state index in [0.29, 0.717) is 17.1 Å². The van der Waals surface area contributed by atoms with Gasteiger partial charge in [-0.05, 0) is 32.3 Å².